The van der Waals surface area contributed by atoms with Gasteiger partial charge in [0.25, 0.3) is 0 Å². The first-order valence-electron chi connectivity index (χ1n) is 7.89. The van der Waals surface area contributed by atoms with Crippen molar-refractivity contribution in [3.8, 4) is 0 Å². The van der Waals surface area contributed by atoms with Gasteiger partial charge in [-0.2, -0.15) is 9.61 Å². The average molecular weight is 287 g/mol. The molecule has 1 saturated carbocycles. The van der Waals surface area contributed by atoms with Crippen LogP contribution in [0.15, 0.2) is 12.3 Å². The Hall–Kier alpha value is -1.62. The van der Waals surface area contributed by atoms with E-state index in [1.807, 2.05) is 10.7 Å². The standard InChI is InChI=1S/C16H25N5/c1-10(2)6-14-8-15(19-13-5-4-12(17)7-13)21-16(20-14)11(3)9-18-21/h8-10,12-13,19H,4-7,17H2,1-3H3/t12-,13-/m0/s1. The van der Waals surface area contributed by atoms with Crippen LogP contribution in [0.25, 0.3) is 5.65 Å². The van der Waals surface area contributed by atoms with Crippen LogP contribution in [0, 0.1) is 12.8 Å². The van der Waals surface area contributed by atoms with Crippen LogP contribution < -0.4 is 11.1 Å². The van der Waals surface area contributed by atoms with Crippen LogP contribution in [-0.4, -0.2) is 26.7 Å². The Kier molecular flexibility index (Phi) is 3.85. The molecule has 0 aliphatic heterocycles. The summed E-state index contributed by atoms with van der Waals surface area (Å²) in [6.45, 7) is 6.50. The molecule has 1 fully saturated rings. The van der Waals surface area contributed by atoms with Gasteiger partial charge in [0.2, 0.25) is 0 Å². The van der Waals surface area contributed by atoms with Gasteiger partial charge in [0.05, 0.1) is 6.20 Å². The molecule has 21 heavy (non-hydrogen) atoms. The Morgan fingerprint density at radius 1 is 1.43 bits per heavy atom. The molecular formula is C16H25N5. The smallest absolute Gasteiger partial charge is 0.160 e. The van der Waals surface area contributed by atoms with E-state index < -0.39 is 0 Å². The molecule has 1 aliphatic carbocycles. The fourth-order valence-corrected chi connectivity index (χ4v) is 3.11. The van der Waals surface area contributed by atoms with Crippen molar-refractivity contribution in [1.29, 1.82) is 0 Å². The molecule has 0 radical (unpaired) electrons. The van der Waals surface area contributed by atoms with Crippen molar-refractivity contribution >= 4 is 11.5 Å². The molecule has 0 amide bonds. The van der Waals surface area contributed by atoms with E-state index in [1.54, 1.807) is 0 Å². The third-order valence-electron chi connectivity index (χ3n) is 4.14. The first-order chi connectivity index (χ1) is 10.0. The van der Waals surface area contributed by atoms with Gasteiger partial charge in [0.1, 0.15) is 5.82 Å². The fraction of sp³-hybridized carbons (Fsp3) is 0.625. The maximum absolute atomic E-state index is 6.02. The van der Waals surface area contributed by atoms with Gasteiger partial charge in [0.15, 0.2) is 5.65 Å². The molecule has 0 unspecified atom stereocenters. The van der Waals surface area contributed by atoms with Crippen LogP contribution in [0.3, 0.4) is 0 Å². The van der Waals surface area contributed by atoms with Crippen LogP contribution in [0.4, 0.5) is 5.82 Å². The predicted molar refractivity (Wildman–Crippen MR) is 85.5 cm³/mol. The number of hydrogen-bond acceptors (Lipinski definition) is 4. The first-order valence-corrected chi connectivity index (χ1v) is 7.89. The molecule has 0 saturated heterocycles. The van der Waals surface area contributed by atoms with Crippen LogP contribution in [-0.2, 0) is 6.42 Å². The molecule has 1 aliphatic rings. The Balaban J connectivity index is 1.94. The summed E-state index contributed by atoms with van der Waals surface area (Å²) in [5.41, 5.74) is 9.22. The van der Waals surface area contributed by atoms with Crippen molar-refractivity contribution in [2.24, 2.45) is 11.7 Å². The van der Waals surface area contributed by atoms with Crippen molar-refractivity contribution in [3.05, 3.63) is 23.5 Å². The number of rotatable bonds is 4. The second-order valence-electron chi connectivity index (χ2n) is 6.71. The van der Waals surface area contributed by atoms with E-state index in [1.165, 1.54) is 0 Å². The monoisotopic (exact) mass is 287 g/mol. The highest BCUT2D eigenvalue weighted by atomic mass is 15.3. The van der Waals surface area contributed by atoms with Crippen LogP contribution >= 0.6 is 0 Å². The maximum atomic E-state index is 6.02. The molecule has 114 valence electrons. The van der Waals surface area contributed by atoms with E-state index in [2.05, 4.69) is 37.3 Å². The summed E-state index contributed by atoms with van der Waals surface area (Å²) in [6, 6.07) is 2.92. The summed E-state index contributed by atoms with van der Waals surface area (Å²) in [7, 11) is 0. The fourth-order valence-electron chi connectivity index (χ4n) is 3.11. The Morgan fingerprint density at radius 2 is 2.24 bits per heavy atom. The van der Waals surface area contributed by atoms with Crippen molar-refractivity contribution in [1.82, 2.24) is 14.6 Å². The average Bonchev–Trinajstić information content (AvgIpc) is 2.96. The lowest BCUT2D eigenvalue weighted by Gasteiger charge is -2.16. The predicted octanol–water partition coefficient (Wildman–Crippen LogP) is 2.53. The van der Waals surface area contributed by atoms with Gasteiger partial charge in [-0.1, -0.05) is 13.8 Å². The lowest BCUT2D eigenvalue weighted by molar-refractivity contribution is 0.634. The van der Waals surface area contributed by atoms with Crippen molar-refractivity contribution in [2.75, 3.05) is 5.32 Å². The summed E-state index contributed by atoms with van der Waals surface area (Å²) in [6.07, 6.45) is 6.13. The van der Waals surface area contributed by atoms with Crippen LogP contribution in [0.5, 0.6) is 0 Å². The van der Waals surface area contributed by atoms with E-state index in [-0.39, 0.29) is 0 Å². The molecule has 2 aromatic heterocycles. The summed E-state index contributed by atoms with van der Waals surface area (Å²) in [5, 5.41) is 8.08. The molecule has 5 heteroatoms. The van der Waals surface area contributed by atoms with Gasteiger partial charge < -0.3 is 11.1 Å². The molecule has 0 spiro atoms. The van der Waals surface area contributed by atoms with E-state index in [0.29, 0.717) is 18.0 Å². The lowest BCUT2D eigenvalue weighted by Crippen LogP contribution is -2.22. The van der Waals surface area contributed by atoms with Gasteiger partial charge in [0, 0.05) is 29.4 Å². The largest absolute Gasteiger partial charge is 0.367 e. The van der Waals surface area contributed by atoms with E-state index in [9.17, 15) is 0 Å². The normalized spacial score (nSPS) is 22.3. The Bertz CT molecular complexity index is 631. The number of aryl methyl sites for hydroxylation is 1. The van der Waals surface area contributed by atoms with E-state index >= 15 is 0 Å². The van der Waals surface area contributed by atoms with E-state index in [0.717, 1.165) is 48.4 Å². The minimum absolute atomic E-state index is 0.328. The summed E-state index contributed by atoms with van der Waals surface area (Å²) >= 11 is 0. The molecule has 3 N–H and O–H groups in total. The number of aromatic nitrogens is 3. The second kappa shape index (κ2) is 5.64. The molecule has 3 rings (SSSR count). The zero-order chi connectivity index (χ0) is 15.0. The summed E-state index contributed by atoms with van der Waals surface area (Å²) in [4.78, 5) is 4.76. The van der Waals surface area contributed by atoms with Crippen LogP contribution in [0.2, 0.25) is 0 Å². The molecule has 5 nitrogen and oxygen atoms in total. The quantitative estimate of drug-likeness (QED) is 0.906. The van der Waals surface area contributed by atoms with Gasteiger partial charge in [-0.3, -0.25) is 0 Å². The lowest BCUT2D eigenvalue weighted by atomic mass is 10.1. The molecule has 2 heterocycles. The molecule has 2 atom stereocenters. The zero-order valence-electron chi connectivity index (χ0n) is 13.1. The number of anilines is 1. The van der Waals surface area contributed by atoms with E-state index in [4.69, 9.17) is 10.7 Å². The third-order valence-corrected chi connectivity index (χ3v) is 4.14. The van der Waals surface area contributed by atoms with Gasteiger partial charge in [-0.05, 0) is 38.5 Å². The highest BCUT2D eigenvalue weighted by Gasteiger charge is 2.22. The second-order valence-corrected chi connectivity index (χ2v) is 6.71. The number of nitrogens with one attached hydrogen (secondary N) is 1. The van der Waals surface area contributed by atoms with Crippen molar-refractivity contribution in [2.45, 2.75) is 58.5 Å². The summed E-state index contributed by atoms with van der Waals surface area (Å²) in [5.74, 6) is 1.64. The molecular weight excluding hydrogens is 262 g/mol. The van der Waals surface area contributed by atoms with Gasteiger partial charge in [-0.15, -0.1) is 0 Å². The Morgan fingerprint density at radius 3 is 2.90 bits per heavy atom. The molecule has 0 aromatic carbocycles. The number of nitrogens with two attached hydrogens (primary N) is 1. The maximum Gasteiger partial charge on any atom is 0.160 e. The molecule has 0 bridgehead atoms. The number of hydrogen-bond donors (Lipinski definition) is 2. The highest BCUT2D eigenvalue weighted by Crippen LogP contribution is 2.24. The number of nitrogens with zero attached hydrogens (tertiary/aromatic N) is 3. The van der Waals surface area contributed by atoms with Gasteiger partial charge in [-0.25, -0.2) is 4.98 Å². The minimum atomic E-state index is 0.328. The molecule has 2 aromatic rings. The highest BCUT2D eigenvalue weighted by molar-refractivity contribution is 5.54. The van der Waals surface area contributed by atoms with Crippen molar-refractivity contribution in [3.63, 3.8) is 0 Å². The topological polar surface area (TPSA) is 68.2 Å². The van der Waals surface area contributed by atoms with Crippen molar-refractivity contribution < 1.29 is 0 Å². The number of fused-ring (bicyclic) bond motifs is 1. The van der Waals surface area contributed by atoms with Gasteiger partial charge >= 0.3 is 0 Å². The minimum Gasteiger partial charge on any atom is -0.367 e. The Labute approximate surface area is 125 Å². The van der Waals surface area contributed by atoms with Crippen LogP contribution in [0.1, 0.15) is 44.4 Å². The SMILES string of the molecule is Cc1cnn2c(N[C@H]3CC[C@H](N)C3)cc(CC(C)C)nc12. The summed E-state index contributed by atoms with van der Waals surface area (Å²) < 4.78 is 1.92. The zero-order valence-corrected chi connectivity index (χ0v) is 13.1. The third kappa shape index (κ3) is 3.02. The first kappa shape index (κ1) is 14.3.